The number of piperidine rings is 1. The number of carbonyl (C=O) groups is 2. The van der Waals surface area contributed by atoms with Crippen molar-refractivity contribution in [3.63, 3.8) is 0 Å². The van der Waals surface area contributed by atoms with Gasteiger partial charge in [-0.15, -0.1) is 0 Å². The molecule has 1 aromatic rings. The Balaban J connectivity index is 1.84. The van der Waals surface area contributed by atoms with Gasteiger partial charge in [-0.25, -0.2) is 0 Å². The van der Waals surface area contributed by atoms with Gasteiger partial charge >= 0.3 is 5.97 Å². The quantitative estimate of drug-likeness (QED) is 0.921. The number of rotatable bonds is 4. The highest BCUT2D eigenvalue weighted by Crippen LogP contribution is 2.46. The van der Waals surface area contributed by atoms with Gasteiger partial charge in [0.15, 0.2) is 0 Å². The van der Waals surface area contributed by atoms with Gasteiger partial charge in [-0.05, 0) is 42.9 Å². The van der Waals surface area contributed by atoms with Gasteiger partial charge in [0.25, 0.3) is 0 Å². The summed E-state index contributed by atoms with van der Waals surface area (Å²) in [5, 5.41) is 9.35. The molecule has 0 bridgehead atoms. The van der Waals surface area contributed by atoms with Gasteiger partial charge in [0.1, 0.15) is 5.75 Å². The molecule has 1 saturated heterocycles. The molecule has 1 aliphatic carbocycles. The Morgan fingerprint density at radius 2 is 1.88 bits per heavy atom. The first-order valence-corrected chi connectivity index (χ1v) is 8.63. The number of carboxylic acid groups (broad SMARTS) is 1. The smallest absolute Gasteiger partial charge is 0.308 e. The predicted octanol–water partition coefficient (Wildman–Crippen LogP) is 2.69. The molecule has 2 unspecified atom stereocenters. The molecule has 0 spiro atoms. The lowest BCUT2D eigenvalue weighted by Crippen LogP contribution is -2.55. The van der Waals surface area contributed by atoms with Crippen molar-refractivity contribution in [3.05, 3.63) is 29.8 Å². The molecule has 0 radical (unpaired) electrons. The Kier molecular flexibility index (Phi) is 4.52. The van der Waals surface area contributed by atoms with Crippen LogP contribution in [0.15, 0.2) is 24.3 Å². The summed E-state index contributed by atoms with van der Waals surface area (Å²) in [6.45, 7) is 3.01. The zero-order valence-electron chi connectivity index (χ0n) is 14.3. The third-order valence-electron chi connectivity index (χ3n) is 5.56. The van der Waals surface area contributed by atoms with Crippen LogP contribution in [-0.4, -0.2) is 42.1 Å². The first-order chi connectivity index (χ1) is 11.5. The van der Waals surface area contributed by atoms with Crippen LogP contribution >= 0.6 is 0 Å². The molecule has 0 aromatic heterocycles. The van der Waals surface area contributed by atoms with Crippen LogP contribution in [0.1, 0.15) is 38.2 Å². The van der Waals surface area contributed by atoms with Gasteiger partial charge in [-0.3, -0.25) is 9.59 Å². The third-order valence-corrected chi connectivity index (χ3v) is 5.56. The maximum absolute atomic E-state index is 13.3. The van der Waals surface area contributed by atoms with Gasteiger partial charge in [0.2, 0.25) is 5.91 Å². The van der Waals surface area contributed by atoms with Crippen molar-refractivity contribution < 1.29 is 19.4 Å². The molecule has 1 aliphatic heterocycles. The number of amides is 1. The van der Waals surface area contributed by atoms with E-state index in [-0.39, 0.29) is 11.8 Å². The molecule has 2 atom stereocenters. The van der Waals surface area contributed by atoms with Gasteiger partial charge in [0.05, 0.1) is 18.4 Å². The highest BCUT2D eigenvalue weighted by Gasteiger charge is 2.49. The number of ether oxygens (including phenoxy) is 1. The van der Waals surface area contributed by atoms with Crippen molar-refractivity contribution in [3.8, 4) is 5.75 Å². The molecule has 5 heteroatoms. The lowest BCUT2D eigenvalue weighted by atomic mass is 9.63. The second-order valence-electron chi connectivity index (χ2n) is 7.25. The fourth-order valence-corrected chi connectivity index (χ4v) is 4.07. The number of benzene rings is 1. The normalized spacial score (nSPS) is 25.7. The average molecular weight is 331 g/mol. The zero-order chi connectivity index (χ0) is 17.3. The molecule has 1 amide bonds. The average Bonchev–Trinajstić information content (AvgIpc) is 2.53. The van der Waals surface area contributed by atoms with Crippen molar-refractivity contribution in [1.82, 2.24) is 4.90 Å². The summed E-state index contributed by atoms with van der Waals surface area (Å²) in [5.41, 5.74) is 0.538. The van der Waals surface area contributed by atoms with E-state index in [1.54, 1.807) is 12.0 Å². The Morgan fingerprint density at radius 1 is 1.21 bits per heavy atom. The molecule has 5 nitrogen and oxygen atoms in total. The standard InChI is InChI=1S/C19H25NO4/c1-13-10-14(17(21)22)12-20(11-13)18(23)19(8-3-9-19)15-4-6-16(24-2)7-5-15/h4-7,13-14H,3,8-12H2,1-2H3,(H,21,22). The third kappa shape index (κ3) is 2.87. The zero-order valence-corrected chi connectivity index (χ0v) is 14.3. The van der Waals surface area contributed by atoms with Crippen molar-refractivity contribution >= 4 is 11.9 Å². The van der Waals surface area contributed by atoms with Crippen LogP contribution < -0.4 is 4.74 Å². The SMILES string of the molecule is COc1ccc(C2(C(=O)N3CC(C)CC(C(=O)O)C3)CCC2)cc1. The van der Waals surface area contributed by atoms with Crippen LogP contribution in [0.2, 0.25) is 0 Å². The lowest BCUT2D eigenvalue weighted by molar-refractivity contribution is -0.150. The fourth-order valence-electron chi connectivity index (χ4n) is 4.07. The van der Waals surface area contributed by atoms with E-state index < -0.39 is 17.3 Å². The number of likely N-dealkylation sites (tertiary alicyclic amines) is 1. The summed E-state index contributed by atoms with van der Waals surface area (Å²) in [6, 6.07) is 7.72. The summed E-state index contributed by atoms with van der Waals surface area (Å²) < 4.78 is 5.20. The Labute approximate surface area is 142 Å². The molecule has 1 saturated carbocycles. The number of methoxy groups -OCH3 is 1. The molecular weight excluding hydrogens is 306 g/mol. The van der Waals surface area contributed by atoms with E-state index in [0.717, 1.165) is 30.6 Å². The van der Waals surface area contributed by atoms with Gasteiger partial charge in [0, 0.05) is 13.1 Å². The second-order valence-corrected chi connectivity index (χ2v) is 7.25. The fraction of sp³-hybridized carbons (Fsp3) is 0.579. The first-order valence-electron chi connectivity index (χ1n) is 8.63. The van der Waals surface area contributed by atoms with Crippen LogP contribution in [0.3, 0.4) is 0 Å². The van der Waals surface area contributed by atoms with E-state index in [2.05, 4.69) is 0 Å². The lowest BCUT2D eigenvalue weighted by Gasteiger charge is -2.46. The number of hydrogen-bond acceptors (Lipinski definition) is 3. The summed E-state index contributed by atoms with van der Waals surface area (Å²) in [7, 11) is 1.63. The Morgan fingerprint density at radius 3 is 2.38 bits per heavy atom. The maximum Gasteiger partial charge on any atom is 0.308 e. The van der Waals surface area contributed by atoms with Crippen molar-refractivity contribution in [2.24, 2.45) is 11.8 Å². The molecule has 1 aromatic carbocycles. The Bertz CT molecular complexity index is 621. The number of aliphatic carboxylic acids is 1. The topological polar surface area (TPSA) is 66.8 Å². The molecule has 1 N–H and O–H groups in total. The summed E-state index contributed by atoms with van der Waals surface area (Å²) >= 11 is 0. The Hall–Kier alpha value is -2.04. The van der Waals surface area contributed by atoms with Crippen LogP contribution in [-0.2, 0) is 15.0 Å². The summed E-state index contributed by atoms with van der Waals surface area (Å²) in [4.78, 5) is 26.5. The molecule has 2 fully saturated rings. The number of carbonyl (C=O) groups excluding carboxylic acids is 1. The monoisotopic (exact) mass is 331 g/mol. The van der Waals surface area contributed by atoms with Crippen LogP contribution in [0, 0.1) is 11.8 Å². The minimum absolute atomic E-state index is 0.0942. The highest BCUT2D eigenvalue weighted by atomic mass is 16.5. The van der Waals surface area contributed by atoms with Crippen molar-refractivity contribution in [2.45, 2.75) is 38.0 Å². The van der Waals surface area contributed by atoms with E-state index in [1.807, 2.05) is 31.2 Å². The van der Waals surface area contributed by atoms with Crippen molar-refractivity contribution in [2.75, 3.05) is 20.2 Å². The maximum atomic E-state index is 13.3. The summed E-state index contributed by atoms with van der Waals surface area (Å²) in [6.07, 6.45) is 3.35. The number of hydrogen-bond donors (Lipinski definition) is 1. The predicted molar refractivity (Wildman–Crippen MR) is 90.0 cm³/mol. The van der Waals surface area contributed by atoms with E-state index >= 15 is 0 Å². The van der Waals surface area contributed by atoms with E-state index in [1.165, 1.54) is 0 Å². The number of nitrogens with zero attached hydrogens (tertiary/aromatic N) is 1. The second kappa shape index (κ2) is 6.46. The van der Waals surface area contributed by atoms with E-state index in [4.69, 9.17) is 4.74 Å². The van der Waals surface area contributed by atoms with Crippen LogP contribution in [0.5, 0.6) is 5.75 Å². The van der Waals surface area contributed by atoms with Gasteiger partial charge in [-0.1, -0.05) is 25.5 Å². The molecular formula is C19H25NO4. The van der Waals surface area contributed by atoms with E-state index in [9.17, 15) is 14.7 Å². The minimum atomic E-state index is -0.800. The van der Waals surface area contributed by atoms with Crippen molar-refractivity contribution in [1.29, 1.82) is 0 Å². The minimum Gasteiger partial charge on any atom is -0.497 e. The molecule has 1 heterocycles. The van der Waals surface area contributed by atoms with Crippen LogP contribution in [0.4, 0.5) is 0 Å². The highest BCUT2D eigenvalue weighted by molar-refractivity contribution is 5.90. The number of carboxylic acids is 1. The first kappa shape index (κ1) is 16.8. The van der Waals surface area contributed by atoms with Gasteiger partial charge in [-0.2, -0.15) is 0 Å². The largest absolute Gasteiger partial charge is 0.497 e. The molecule has 130 valence electrons. The van der Waals surface area contributed by atoms with Crippen LogP contribution in [0.25, 0.3) is 0 Å². The van der Waals surface area contributed by atoms with Gasteiger partial charge < -0.3 is 14.7 Å². The molecule has 3 rings (SSSR count). The molecule has 24 heavy (non-hydrogen) atoms. The van der Waals surface area contributed by atoms with E-state index in [0.29, 0.717) is 19.5 Å². The summed E-state index contributed by atoms with van der Waals surface area (Å²) in [5.74, 6) is -0.163. The molecule has 2 aliphatic rings.